The van der Waals surface area contributed by atoms with E-state index in [2.05, 4.69) is 5.32 Å². The van der Waals surface area contributed by atoms with Gasteiger partial charge in [-0.15, -0.1) is 0 Å². The molecule has 0 aliphatic rings. The van der Waals surface area contributed by atoms with Gasteiger partial charge in [0.1, 0.15) is 11.8 Å². The van der Waals surface area contributed by atoms with E-state index < -0.39 is 34.9 Å². The zero-order valence-corrected chi connectivity index (χ0v) is 13.9. The Balaban J connectivity index is 2.73. The molecule has 0 unspecified atom stereocenters. The highest BCUT2D eigenvalue weighted by molar-refractivity contribution is 6.06. The summed E-state index contributed by atoms with van der Waals surface area (Å²) in [4.78, 5) is 23.2. The molecule has 1 aromatic rings. The highest BCUT2D eigenvalue weighted by Crippen LogP contribution is 2.29. The number of aliphatic hydroxyl groups excluding tert-OH is 1. The Morgan fingerprint density at radius 3 is 2.35 bits per heavy atom. The van der Waals surface area contributed by atoms with E-state index in [9.17, 15) is 27.9 Å². The Hall–Kier alpha value is -3.02. The average Bonchev–Trinajstić information content (AvgIpc) is 2.55. The molecule has 0 heterocycles. The van der Waals surface area contributed by atoms with Gasteiger partial charge in [0.15, 0.2) is 5.57 Å². The van der Waals surface area contributed by atoms with E-state index in [1.165, 1.54) is 0 Å². The number of nitriles is 1. The Kier molecular flexibility index (Phi) is 7.65. The van der Waals surface area contributed by atoms with Crippen LogP contribution in [-0.4, -0.2) is 23.6 Å². The Morgan fingerprint density at radius 2 is 1.85 bits per heavy atom. The van der Waals surface area contributed by atoms with E-state index in [4.69, 9.17) is 10.00 Å². The van der Waals surface area contributed by atoms with Gasteiger partial charge in [0.2, 0.25) is 0 Å². The van der Waals surface area contributed by atoms with Gasteiger partial charge in [0.05, 0.1) is 12.2 Å². The smallest absolute Gasteiger partial charge is 0.416 e. The largest absolute Gasteiger partial charge is 0.511 e. The van der Waals surface area contributed by atoms with Crippen molar-refractivity contribution in [1.29, 1.82) is 5.26 Å². The van der Waals surface area contributed by atoms with Crippen LogP contribution >= 0.6 is 0 Å². The first kappa shape index (κ1) is 21.0. The lowest BCUT2D eigenvalue weighted by molar-refractivity contribution is -0.143. The third-order valence-corrected chi connectivity index (χ3v) is 3.20. The number of carbonyl (C=O) groups excluding carboxylic acids is 2. The highest BCUT2D eigenvalue weighted by Gasteiger charge is 2.30. The standard InChI is InChI=1S/C17H17F3N2O4/c1-2-26-15(24)5-3-4-14(23)13(10-21)16(25)22-12-8-6-11(7-9-12)17(18,19)20/h6-9,23H,2-5H2,1H3,(H,22,25). The van der Waals surface area contributed by atoms with Crippen molar-refractivity contribution >= 4 is 17.6 Å². The number of rotatable bonds is 7. The van der Waals surface area contributed by atoms with Crippen LogP contribution in [0.5, 0.6) is 0 Å². The summed E-state index contributed by atoms with van der Waals surface area (Å²) in [5, 5.41) is 21.1. The van der Waals surface area contributed by atoms with Crippen molar-refractivity contribution in [2.75, 3.05) is 11.9 Å². The summed E-state index contributed by atoms with van der Waals surface area (Å²) in [7, 11) is 0. The molecular weight excluding hydrogens is 353 g/mol. The number of nitrogens with zero attached hydrogens (tertiary/aromatic N) is 1. The summed E-state index contributed by atoms with van der Waals surface area (Å²) in [6, 6.07) is 5.18. The second kappa shape index (κ2) is 9.46. The molecule has 0 radical (unpaired) electrons. The maximum atomic E-state index is 12.5. The first-order valence-corrected chi connectivity index (χ1v) is 7.65. The number of esters is 1. The van der Waals surface area contributed by atoms with Crippen LogP contribution in [0.1, 0.15) is 31.7 Å². The Bertz CT molecular complexity index is 719. The molecule has 0 saturated heterocycles. The minimum absolute atomic E-state index is 0.0110. The van der Waals surface area contributed by atoms with E-state index in [1.54, 1.807) is 13.0 Å². The predicted molar refractivity (Wildman–Crippen MR) is 85.8 cm³/mol. The quantitative estimate of drug-likeness (QED) is 0.330. The van der Waals surface area contributed by atoms with Crippen molar-refractivity contribution in [2.24, 2.45) is 0 Å². The van der Waals surface area contributed by atoms with E-state index in [0.29, 0.717) is 0 Å². The molecule has 0 fully saturated rings. The normalized spacial score (nSPS) is 12.0. The van der Waals surface area contributed by atoms with Gasteiger partial charge >= 0.3 is 12.1 Å². The second-order valence-electron chi connectivity index (χ2n) is 5.12. The van der Waals surface area contributed by atoms with Crippen LogP contribution in [0, 0.1) is 11.3 Å². The van der Waals surface area contributed by atoms with E-state index >= 15 is 0 Å². The molecule has 0 aliphatic carbocycles. The fourth-order valence-corrected chi connectivity index (χ4v) is 1.94. The van der Waals surface area contributed by atoms with Crippen molar-refractivity contribution < 1.29 is 32.6 Å². The number of hydrogen-bond donors (Lipinski definition) is 2. The molecule has 140 valence electrons. The number of anilines is 1. The number of halogens is 3. The van der Waals surface area contributed by atoms with Crippen molar-refractivity contribution in [3.05, 3.63) is 41.2 Å². The van der Waals surface area contributed by atoms with Crippen LogP contribution in [0.2, 0.25) is 0 Å². The molecule has 9 heteroatoms. The maximum absolute atomic E-state index is 12.5. The number of alkyl halides is 3. The lowest BCUT2D eigenvalue weighted by Crippen LogP contribution is -2.16. The van der Waals surface area contributed by atoms with Gasteiger partial charge in [-0.1, -0.05) is 0 Å². The van der Waals surface area contributed by atoms with Crippen molar-refractivity contribution in [1.82, 2.24) is 0 Å². The molecule has 0 saturated carbocycles. The minimum atomic E-state index is -4.50. The van der Waals surface area contributed by atoms with E-state index in [0.717, 1.165) is 24.3 Å². The summed E-state index contributed by atoms with van der Waals surface area (Å²) in [5.74, 6) is -1.94. The summed E-state index contributed by atoms with van der Waals surface area (Å²) >= 11 is 0. The number of nitrogens with one attached hydrogen (secondary N) is 1. The van der Waals surface area contributed by atoms with E-state index in [-0.39, 0.29) is 31.6 Å². The summed E-state index contributed by atoms with van der Waals surface area (Å²) < 4.78 is 42.2. The van der Waals surface area contributed by atoms with Crippen LogP contribution in [0.3, 0.4) is 0 Å². The average molecular weight is 370 g/mol. The minimum Gasteiger partial charge on any atom is -0.511 e. The molecule has 0 bridgehead atoms. The maximum Gasteiger partial charge on any atom is 0.416 e. The summed E-state index contributed by atoms with van der Waals surface area (Å²) in [5.41, 5.74) is -1.42. The third kappa shape index (κ3) is 6.47. The monoisotopic (exact) mass is 370 g/mol. The number of aliphatic hydroxyl groups is 1. The molecule has 6 nitrogen and oxygen atoms in total. The van der Waals surface area contributed by atoms with Gasteiger partial charge in [-0.3, -0.25) is 9.59 Å². The lowest BCUT2D eigenvalue weighted by Gasteiger charge is -2.09. The molecule has 0 aliphatic heterocycles. The zero-order valence-electron chi connectivity index (χ0n) is 13.9. The van der Waals surface area contributed by atoms with Crippen molar-refractivity contribution in [3.8, 4) is 6.07 Å². The molecule has 26 heavy (non-hydrogen) atoms. The molecule has 0 spiro atoms. The highest BCUT2D eigenvalue weighted by atomic mass is 19.4. The first-order valence-electron chi connectivity index (χ1n) is 7.65. The first-order chi connectivity index (χ1) is 12.2. The topological polar surface area (TPSA) is 99.4 Å². The second-order valence-corrected chi connectivity index (χ2v) is 5.12. The van der Waals surface area contributed by atoms with Crippen LogP contribution < -0.4 is 5.32 Å². The van der Waals surface area contributed by atoms with Crippen LogP contribution in [-0.2, 0) is 20.5 Å². The van der Waals surface area contributed by atoms with E-state index in [1.807, 2.05) is 0 Å². The molecular formula is C17H17F3N2O4. The molecule has 2 N–H and O–H groups in total. The van der Waals surface area contributed by atoms with Gasteiger partial charge < -0.3 is 15.2 Å². The molecule has 1 rings (SSSR count). The number of hydrogen-bond acceptors (Lipinski definition) is 5. The number of ether oxygens (including phenoxy) is 1. The van der Waals surface area contributed by atoms with Gasteiger partial charge in [-0.05, 0) is 37.6 Å². The zero-order chi connectivity index (χ0) is 19.7. The van der Waals surface area contributed by atoms with Gasteiger partial charge in [0.25, 0.3) is 5.91 Å². The van der Waals surface area contributed by atoms with Crippen molar-refractivity contribution in [3.63, 3.8) is 0 Å². The summed E-state index contributed by atoms with van der Waals surface area (Å²) in [6.45, 7) is 1.87. The van der Waals surface area contributed by atoms with Gasteiger partial charge in [0, 0.05) is 18.5 Å². The summed E-state index contributed by atoms with van der Waals surface area (Å²) in [6.07, 6.45) is -4.42. The number of carbonyl (C=O) groups is 2. The molecule has 0 aromatic heterocycles. The van der Waals surface area contributed by atoms with Crippen LogP contribution in [0.4, 0.5) is 18.9 Å². The molecule has 1 aromatic carbocycles. The third-order valence-electron chi connectivity index (χ3n) is 3.20. The molecule has 1 amide bonds. The van der Waals surface area contributed by atoms with Gasteiger partial charge in [-0.2, -0.15) is 18.4 Å². The number of amides is 1. The Labute approximate surface area is 147 Å². The SMILES string of the molecule is CCOC(=O)CCCC(O)=C(C#N)C(=O)Nc1ccc(C(F)(F)F)cc1. The van der Waals surface area contributed by atoms with Crippen LogP contribution in [0.15, 0.2) is 35.6 Å². The molecule has 0 atom stereocenters. The number of allylic oxidation sites excluding steroid dienone is 1. The van der Waals surface area contributed by atoms with Crippen LogP contribution in [0.25, 0.3) is 0 Å². The predicted octanol–water partition coefficient (Wildman–Crippen LogP) is 3.71. The number of benzene rings is 1. The van der Waals surface area contributed by atoms with Crippen molar-refractivity contribution in [2.45, 2.75) is 32.4 Å². The fourth-order valence-electron chi connectivity index (χ4n) is 1.94. The lowest BCUT2D eigenvalue weighted by atomic mass is 10.1. The fraction of sp³-hybridized carbons (Fsp3) is 0.353. The Morgan fingerprint density at radius 1 is 1.23 bits per heavy atom. The van der Waals surface area contributed by atoms with Gasteiger partial charge in [-0.25, -0.2) is 0 Å².